The summed E-state index contributed by atoms with van der Waals surface area (Å²) in [6.07, 6.45) is 4.88. The third-order valence-corrected chi connectivity index (χ3v) is 3.60. The van der Waals surface area contributed by atoms with E-state index in [-0.39, 0.29) is 11.6 Å². The van der Waals surface area contributed by atoms with Crippen molar-refractivity contribution in [1.29, 1.82) is 0 Å². The molecule has 0 saturated heterocycles. The molecule has 0 spiro atoms. The van der Waals surface area contributed by atoms with E-state index in [0.717, 1.165) is 6.54 Å². The van der Waals surface area contributed by atoms with E-state index in [0.29, 0.717) is 11.5 Å². The number of nitrogens with zero attached hydrogens (tertiary/aromatic N) is 1. The van der Waals surface area contributed by atoms with E-state index in [1.54, 1.807) is 18.0 Å². The van der Waals surface area contributed by atoms with Gasteiger partial charge in [0.2, 0.25) is 0 Å². The lowest BCUT2D eigenvalue weighted by Crippen LogP contribution is -2.31. The Morgan fingerprint density at radius 3 is 2.72 bits per heavy atom. The van der Waals surface area contributed by atoms with Crippen LogP contribution in [0.25, 0.3) is 0 Å². The molecule has 1 amide bonds. The zero-order chi connectivity index (χ0) is 13.1. The SMILES string of the molecule is CN(CC1CCCC1)C(=O)c1ccc(N)c(F)c1. The van der Waals surface area contributed by atoms with Crippen molar-refractivity contribution in [2.24, 2.45) is 5.92 Å². The van der Waals surface area contributed by atoms with Crippen LogP contribution in [0.4, 0.5) is 10.1 Å². The van der Waals surface area contributed by atoms with E-state index in [9.17, 15) is 9.18 Å². The van der Waals surface area contributed by atoms with Gasteiger partial charge in [0.1, 0.15) is 5.82 Å². The molecule has 0 heterocycles. The Kier molecular flexibility index (Phi) is 3.84. The van der Waals surface area contributed by atoms with Gasteiger partial charge in [0.05, 0.1) is 5.69 Å². The van der Waals surface area contributed by atoms with Gasteiger partial charge in [-0.05, 0) is 37.0 Å². The molecule has 1 aliphatic carbocycles. The largest absolute Gasteiger partial charge is 0.396 e. The van der Waals surface area contributed by atoms with Crippen LogP contribution in [0.2, 0.25) is 0 Å². The summed E-state index contributed by atoms with van der Waals surface area (Å²) in [5, 5.41) is 0. The second-order valence-electron chi connectivity index (χ2n) is 5.07. The number of hydrogen-bond donors (Lipinski definition) is 1. The number of amides is 1. The highest BCUT2D eigenvalue weighted by molar-refractivity contribution is 5.94. The molecule has 0 radical (unpaired) electrons. The fourth-order valence-electron chi connectivity index (χ4n) is 2.54. The monoisotopic (exact) mass is 250 g/mol. The lowest BCUT2D eigenvalue weighted by atomic mass is 10.1. The molecule has 2 rings (SSSR count). The van der Waals surface area contributed by atoms with Crippen LogP contribution >= 0.6 is 0 Å². The quantitative estimate of drug-likeness (QED) is 0.838. The molecular formula is C14H19FN2O. The summed E-state index contributed by atoms with van der Waals surface area (Å²) in [7, 11) is 1.77. The Bertz CT molecular complexity index is 441. The second kappa shape index (κ2) is 5.38. The highest BCUT2D eigenvalue weighted by Crippen LogP contribution is 2.25. The molecule has 1 saturated carbocycles. The minimum atomic E-state index is -0.532. The molecule has 0 unspecified atom stereocenters. The van der Waals surface area contributed by atoms with E-state index in [4.69, 9.17) is 5.73 Å². The van der Waals surface area contributed by atoms with Gasteiger partial charge < -0.3 is 10.6 Å². The average molecular weight is 250 g/mol. The molecule has 1 fully saturated rings. The summed E-state index contributed by atoms with van der Waals surface area (Å²) in [4.78, 5) is 13.8. The lowest BCUT2D eigenvalue weighted by Gasteiger charge is -2.21. The van der Waals surface area contributed by atoms with Gasteiger partial charge in [0.25, 0.3) is 5.91 Å². The minimum Gasteiger partial charge on any atom is -0.396 e. The summed E-state index contributed by atoms with van der Waals surface area (Å²) in [6, 6.07) is 4.22. The molecule has 98 valence electrons. The first kappa shape index (κ1) is 12.9. The van der Waals surface area contributed by atoms with Crippen molar-refractivity contribution in [2.45, 2.75) is 25.7 Å². The van der Waals surface area contributed by atoms with Crippen LogP contribution in [0.3, 0.4) is 0 Å². The first-order valence-corrected chi connectivity index (χ1v) is 6.38. The lowest BCUT2D eigenvalue weighted by molar-refractivity contribution is 0.0773. The van der Waals surface area contributed by atoms with Crippen LogP contribution < -0.4 is 5.73 Å². The molecule has 1 aliphatic rings. The maximum absolute atomic E-state index is 13.3. The summed E-state index contributed by atoms with van der Waals surface area (Å²) in [5.74, 6) is -0.0755. The van der Waals surface area contributed by atoms with Crippen LogP contribution in [0.15, 0.2) is 18.2 Å². The fourth-order valence-corrected chi connectivity index (χ4v) is 2.54. The van der Waals surface area contributed by atoms with Crippen LogP contribution in [-0.4, -0.2) is 24.4 Å². The average Bonchev–Trinajstić information content (AvgIpc) is 2.84. The molecule has 1 aromatic carbocycles. The molecule has 18 heavy (non-hydrogen) atoms. The maximum Gasteiger partial charge on any atom is 0.253 e. The van der Waals surface area contributed by atoms with Gasteiger partial charge in [0, 0.05) is 19.2 Å². The van der Waals surface area contributed by atoms with Gasteiger partial charge in [0.15, 0.2) is 0 Å². The van der Waals surface area contributed by atoms with E-state index < -0.39 is 5.82 Å². The van der Waals surface area contributed by atoms with Crippen molar-refractivity contribution < 1.29 is 9.18 Å². The van der Waals surface area contributed by atoms with Crippen LogP contribution in [0.1, 0.15) is 36.0 Å². The Labute approximate surface area is 107 Å². The normalized spacial score (nSPS) is 15.9. The van der Waals surface area contributed by atoms with Crippen LogP contribution in [0.5, 0.6) is 0 Å². The minimum absolute atomic E-state index is 0.0741. The topological polar surface area (TPSA) is 46.3 Å². The smallest absolute Gasteiger partial charge is 0.253 e. The van der Waals surface area contributed by atoms with Gasteiger partial charge in [-0.2, -0.15) is 0 Å². The zero-order valence-electron chi connectivity index (χ0n) is 10.7. The number of benzene rings is 1. The molecule has 2 N–H and O–H groups in total. The van der Waals surface area contributed by atoms with Crippen molar-refractivity contribution >= 4 is 11.6 Å². The highest BCUT2D eigenvalue weighted by Gasteiger charge is 2.20. The summed E-state index contributed by atoms with van der Waals surface area (Å²) in [6.45, 7) is 0.755. The first-order valence-electron chi connectivity index (χ1n) is 6.38. The third kappa shape index (κ3) is 2.81. The number of carbonyl (C=O) groups excluding carboxylic acids is 1. The summed E-state index contributed by atoms with van der Waals surface area (Å²) in [5.41, 5.74) is 5.83. The van der Waals surface area contributed by atoms with E-state index >= 15 is 0 Å². The maximum atomic E-state index is 13.3. The standard InChI is InChI=1S/C14H19FN2O/c1-17(9-10-4-2-3-5-10)14(18)11-6-7-13(16)12(15)8-11/h6-8,10H,2-5,9,16H2,1H3. The third-order valence-electron chi connectivity index (χ3n) is 3.60. The summed E-state index contributed by atoms with van der Waals surface area (Å²) >= 11 is 0. The van der Waals surface area contributed by atoms with E-state index in [1.165, 1.54) is 37.8 Å². The number of anilines is 1. The van der Waals surface area contributed by atoms with Gasteiger partial charge in [-0.1, -0.05) is 12.8 Å². The highest BCUT2D eigenvalue weighted by atomic mass is 19.1. The van der Waals surface area contributed by atoms with Crippen molar-refractivity contribution in [3.63, 3.8) is 0 Å². The Morgan fingerprint density at radius 1 is 1.44 bits per heavy atom. The number of rotatable bonds is 3. The Morgan fingerprint density at radius 2 is 2.11 bits per heavy atom. The fraction of sp³-hybridized carbons (Fsp3) is 0.500. The summed E-state index contributed by atoms with van der Waals surface area (Å²) < 4.78 is 13.3. The molecule has 0 aromatic heterocycles. The van der Waals surface area contributed by atoms with Gasteiger partial charge in [-0.15, -0.1) is 0 Å². The van der Waals surface area contributed by atoms with Crippen molar-refractivity contribution in [2.75, 3.05) is 19.3 Å². The van der Waals surface area contributed by atoms with Crippen molar-refractivity contribution in [3.05, 3.63) is 29.6 Å². The second-order valence-corrected chi connectivity index (χ2v) is 5.07. The number of carbonyl (C=O) groups is 1. The molecule has 0 bridgehead atoms. The molecule has 0 atom stereocenters. The zero-order valence-corrected chi connectivity index (χ0v) is 10.7. The molecule has 0 aliphatic heterocycles. The number of hydrogen-bond acceptors (Lipinski definition) is 2. The number of nitrogens with two attached hydrogens (primary N) is 1. The predicted octanol–water partition coefficient (Wildman–Crippen LogP) is 2.67. The molecule has 4 heteroatoms. The van der Waals surface area contributed by atoms with Gasteiger partial charge >= 0.3 is 0 Å². The first-order chi connectivity index (χ1) is 8.58. The van der Waals surface area contributed by atoms with Crippen molar-refractivity contribution in [3.8, 4) is 0 Å². The Balaban J connectivity index is 2.02. The van der Waals surface area contributed by atoms with Crippen LogP contribution in [-0.2, 0) is 0 Å². The predicted molar refractivity (Wildman–Crippen MR) is 69.7 cm³/mol. The molecule has 1 aromatic rings. The van der Waals surface area contributed by atoms with Crippen molar-refractivity contribution in [1.82, 2.24) is 4.90 Å². The van der Waals surface area contributed by atoms with Gasteiger partial charge in [-0.3, -0.25) is 4.79 Å². The van der Waals surface area contributed by atoms with Gasteiger partial charge in [-0.25, -0.2) is 4.39 Å². The number of nitrogen functional groups attached to an aromatic ring is 1. The van der Waals surface area contributed by atoms with E-state index in [1.807, 2.05) is 0 Å². The van der Waals surface area contributed by atoms with Crippen LogP contribution in [0, 0.1) is 11.7 Å². The molecule has 3 nitrogen and oxygen atoms in total. The van der Waals surface area contributed by atoms with E-state index in [2.05, 4.69) is 0 Å². The molecular weight excluding hydrogens is 231 g/mol. The number of halogens is 1. The Hall–Kier alpha value is -1.58.